The van der Waals surface area contributed by atoms with Gasteiger partial charge in [-0.25, -0.2) is 0 Å². The molecule has 0 aliphatic rings. The molecule has 0 aromatic rings. The van der Waals surface area contributed by atoms with Crippen LogP contribution in [0.4, 0.5) is 0 Å². The van der Waals surface area contributed by atoms with Gasteiger partial charge in [-0.05, 0) is 109 Å². The van der Waals surface area contributed by atoms with Gasteiger partial charge < -0.3 is 14.2 Å². The number of unbranched alkanes of at least 4 members (excludes halogenated alkanes) is 31. The highest BCUT2D eigenvalue weighted by molar-refractivity contribution is 5.71. The molecule has 0 amide bonds. The van der Waals surface area contributed by atoms with Gasteiger partial charge in [0.25, 0.3) is 0 Å². The van der Waals surface area contributed by atoms with Crippen molar-refractivity contribution in [2.24, 2.45) is 0 Å². The summed E-state index contributed by atoms with van der Waals surface area (Å²) in [6, 6.07) is 0. The molecule has 0 spiro atoms. The maximum atomic E-state index is 12.8. The minimum atomic E-state index is -0.799. The highest BCUT2D eigenvalue weighted by Crippen LogP contribution is 2.17. The van der Waals surface area contributed by atoms with Crippen molar-refractivity contribution in [3.05, 3.63) is 109 Å². The number of hydrogen-bond acceptors (Lipinski definition) is 6. The van der Waals surface area contributed by atoms with E-state index in [0.717, 1.165) is 103 Å². The third-order valence-electron chi connectivity index (χ3n) is 14.3. The Labute approximate surface area is 489 Å². The molecule has 1 atom stereocenters. The van der Waals surface area contributed by atoms with Crippen LogP contribution in [0.1, 0.15) is 316 Å². The molecule has 0 N–H and O–H groups in total. The average molecular weight is 1100 g/mol. The average Bonchev–Trinajstić information content (AvgIpc) is 3.45. The van der Waals surface area contributed by atoms with Crippen molar-refractivity contribution >= 4 is 17.9 Å². The zero-order chi connectivity index (χ0) is 57.1. The predicted molar refractivity (Wildman–Crippen MR) is 343 cm³/mol. The van der Waals surface area contributed by atoms with E-state index in [-0.39, 0.29) is 37.5 Å². The van der Waals surface area contributed by atoms with E-state index >= 15 is 0 Å². The molecule has 452 valence electrons. The molecule has 0 bridgehead atoms. The van der Waals surface area contributed by atoms with Gasteiger partial charge in [-0.1, -0.05) is 297 Å². The van der Waals surface area contributed by atoms with Crippen molar-refractivity contribution < 1.29 is 28.6 Å². The molecule has 0 rings (SSSR count). The Morgan fingerprint density at radius 3 is 0.797 bits per heavy atom. The van der Waals surface area contributed by atoms with Crippen LogP contribution in [0.3, 0.4) is 0 Å². The third-order valence-corrected chi connectivity index (χ3v) is 14.3. The normalized spacial score (nSPS) is 12.8. The van der Waals surface area contributed by atoms with E-state index in [0.29, 0.717) is 19.3 Å². The molecule has 1 unspecified atom stereocenters. The van der Waals surface area contributed by atoms with Gasteiger partial charge in [-0.3, -0.25) is 14.4 Å². The zero-order valence-electron chi connectivity index (χ0n) is 51.9. The zero-order valence-corrected chi connectivity index (χ0v) is 51.9. The smallest absolute Gasteiger partial charge is 0.306 e. The van der Waals surface area contributed by atoms with Crippen LogP contribution in [0.5, 0.6) is 0 Å². The van der Waals surface area contributed by atoms with Crippen molar-refractivity contribution in [2.45, 2.75) is 322 Å². The molecule has 0 fully saturated rings. The van der Waals surface area contributed by atoms with Crippen molar-refractivity contribution in [3.63, 3.8) is 0 Å². The van der Waals surface area contributed by atoms with Crippen LogP contribution in [-0.2, 0) is 28.6 Å². The van der Waals surface area contributed by atoms with Gasteiger partial charge >= 0.3 is 17.9 Å². The number of ether oxygens (including phenoxy) is 3. The molecule has 0 saturated heterocycles. The second-order valence-electron chi connectivity index (χ2n) is 22.0. The van der Waals surface area contributed by atoms with Crippen LogP contribution >= 0.6 is 0 Å². The topological polar surface area (TPSA) is 78.9 Å². The quantitative estimate of drug-likeness (QED) is 0.0261. The molecule has 0 saturated carbocycles. The lowest BCUT2D eigenvalue weighted by molar-refractivity contribution is -0.167. The summed E-state index contributed by atoms with van der Waals surface area (Å²) in [4.78, 5) is 38.1. The SMILES string of the molecule is CC/C=C\C/C=C\C/C=C\C/C=C\C/C=C\C/C=C\CCCCC(=O)OC(COC(=O)CCCCCCCCC)COC(=O)CCCCCCCCCCCCCCCCCCCC/C=C\C/C=C\C/C=C\CCCCCCC. The van der Waals surface area contributed by atoms with E-state index in [1.807, 2.05) is 0 Å². The Kier molecular flexibility index (Phi) is 63.3. The highest BCUT2D eigenvalue weighted by atomic mass is 16.6. The first-order valence-electron chi connectivity index (χ1n) is 33.4. The molecule has 0 radical (unpaired) electrons. The summed E-state index contributed by atoms with van der Waals surface area (Å²) in [5, 5.41) is 0. The second kappa shape index (κ2) is 66.6. The summed E-state index contributed by atoms with van der Waals surface area (Å²) in [5.41, 5.74) is 0. The lowest BCUT2D eigenvalue weighted by atomic mass is 10.0. The first-order valence-corrected chi connectivity index (χ1v) is 33.4. The van der Waals surface area contributed by atoms with Crippen molar-refractivity contribution in [3.8, 4) is 0 Å². The molecular weight excluding hydrogens is 973 g/mol. The number of esters is 3. The molecule has 0 aromatic carbocycles. The molecule has 0 heterocycles. The monoisotopic (exact) mass is 1100 g/mol. The Bertz CT molecular complexity index is 1590. The maximum absolute atomic E-state index is 12.8. The first-order chi connectivity index (χ1) is 39.0. The Balaban J connectivity index is 4.10. The fourth-order valence-corrected chi connectivity index (χ4v) is 9.28. The number of hydrogen-bond donors (Lipinski definition) is 0. The van der Waals surface area contributed by atoms with Crippen LogP contribution < -0.4 is 0 Å². The van der Waals surface area contributed by atoms with Gasteiger partial charge in [0, 0.05) is 19.3 Å². The second-order valence-corrected chi connectivity index (χ2v) is 22.0. The lowest BCUT2D eigenvalue weighted by Gasteiger charge is -2.18. The maximum Gasteiger partial charge on any atom is 0.306 e. The number of carbonyl (C=O) groups excluding carboxylic acids is 3. The lowest BCUT2D eigenvalue weighted by Crippen LogP contribution is -2.30. The van der Waals surface area contributed by atoms with E-state index in [1.165, 1.54) is 167 Å². The van der Waals surface area contributed by atoms with Gasteiger partial charge in [-0.15, -0.1) is 0 Å². The first kappa shape index (κ1) is 75.1. The van der Waals surface area contributed by atoms with E-state index in [4.69, 9.17) is 14.2 Å². The minimum Gasteiger partial charge on any atom is -0.462 e. The molecule has 0 aliphatic heterocycles. The Morgan fingerprint density at radius 2 is 0.494 bits per heavy atom. The fraction of sp³-hybridized carbons (Fsp3) is 0.712. The van der Waals surface area contributed by atoms with Gasteiger partial charge in [0.15, 0.2) is 6.10 Å². The molecule has 6 nitrogen and oxygen atoms in total. The standard InChI is InChI=1S/C73H124O6/c1-4-7-10-13-16-18-20-22-24-26-28-30-31-32-33-34-35-36-37-38-39-40-41-43-44-46-48-50-52-54-57-60-63-66-72(75)78-69-70(68-77-71(74)65-62-59-56-15-12-9-6-3)79-73(76)67-64-61-58-55-53-51-49-47-45-42-29-27-25-23-21-19-17-14-11-8-5-2/h8,11,17,19-20,22-23,25-26,28-29,31-32,42,47,49,53,55,70H,4-7,9-10,12-16,18,21,24,27,30,33-41,43-46,48,50-52,54,56-69H2,1-3H3/b11-8-,19-17-,22-20-,25-23-,28-26-,32-31-,42-29-,49-47-,55-53-. The van der Waals surface area contributed by atoms with Gasteiger partial charge in [0.1, 0.15) is 13.2 Å². The summed E-state index contributed by atoms with van der Waals surface area (Å²) in [6.45, 7) is 6.45. The van der Waals surface area contributed by atoms with E-state index in [2.05, 4.69) is 130 Å². The molecule has 0 aromatic heterocycles. The largest absolute Gasteiger partial charge is 0.462 e. The van der Waals surface area contributed by atoms with Gasteiger partial charge in [0.2, 0.25) is 0 Å². The van der Waals surface area contributed by atoms with Crippen LogP contribution in [0.15, 0.2) is 109 Å². The molecule has 0 aliphatic carbocycles. The van der Waals surface area contributed by atoms with Crippen molar-refractivity contribution in [2.75, 3.05) is 13.2 Å². The summed E-state index contributed by atoms with van der Waals surface area (Å²) < 4.78 is 16.8. The highest BCUT2D eigenvalue weighted by Gasteiger charge is 2.19. The third kappa shape index (κ3) is 64.8. The molecule has 79 heavy (non-hydrogen) atoms. The van der Waals surface area contributed by atoms with Crippen LogP contribution in [0.2, 0.25) is 0 Å². The van der Waals surface area contributed by atoms with E-state index in [9.17, 15) is 14.4 Å². The van der Waals surface area contributed by atoms with Crippen molar-refractivity contribution in [1.82, 2.24) is 0 Å². The Hall–Kier alpha value is -3.93. The number of rotatable bonds is 60. The van der Waals surface area contributed by atoms with Gasteiger partial charge in [-0.2, -0.15) is 0 Å². The number of carbonyl (C=O) groups is 3. The molecular formula is C73H124O6. The Morgan fingerprint density at radius 1 is 0.266 bits per heavy atom. The summed E-state index contributed by atoms with van der Waals surface area (Å²) in [5.74, 6) is -0.937. The van der Waals surface area contributed by atoms with Crippen LogP contribution in [0.25, 0.3) is 0 Å². The predicted octanol–water partition coefficient (Wildman–Crippen LogP) is 23.0. The molecule has 6 heteroatoms. The van der Waals surface area contributed by atoms with Crippen LogP contribution in [-0.4, -0.2) is 37.2 Å². The summed E-state index contributed by atoms with van der Waals surface area (Å²) in [7, 11) is 0. The van der Waals surface area contributed by atoms with E-state index < -0.39 is 6.10 Å². The fourth-order valence-electron chi connectivity index (χ4n) is 9.28. The number of allylic oxidation sites excluding steroid dienone is 18. The van der Waals surface area contributed by atoms with Crippen LogP contribution in [0, 0.1) is 0 Å². The van der Waals surface area contributed by atoms with Crippen molar-refractivity contribution in [1.29, 1.82) is 0 Å². The summed E-state index contributed by atoms with van der Waals surface area (Å²) in [6.07, 6.45) is 91.4. The minimum absolute atomic E-state index is 0.0939. The van der Waals surface area contributed by atoms with E-state index in [1.54, 1.807) is 0 Å². The summed E-state index contributed by atoms with van der Waals surface area (Å²) >= 11 is 0. The van der Waals surface area contributed by atoms with Gasteiger partial charge in [0.05, 0.1) is 0 Å².